The van der Waals surface area contributed by atoms with Crippen LogP contribution in [0.1, 0.15) is 24.4 Å². The quantitative estimate of drug-likeness (QED) is 0.739. The summed E-state index contributed by atoms with van der Waals surface area (Å²) in [6.07, 6.45) is 4.54. The van der Waals surface area contributed by atoms with E-state index >= 15 is 0 Å². The van der Waals surface area contributed by atoms with E-state index in [1.165, 1.54) is 29.3 Å². The summed E-state index contributed by atoms with van der Waals surface area (Å²) in [5.74, 6) is 0.558. The van der Waals surface area contributed by atoms with Crippen molar-refractivity contribution >= 4 is 10.9 Å². The van der Waals surface area contributed by atoms with E-state index in [-0.39, 0.29) is 6.04 Å². The van der Waals surface area contributed by atoms with Crippen LogP contribution in [0.25, 0.3) is 10.9 Å². The second kappa shape index (κ2) is 4.51. The van der Waals surface area contributed by atoms with Gasteiger partial charge in [-0.2, -0.15) is 0 Å². The second-order valence-corrected chi connectivity index (χ2v) is 4.92. The Morgan fingerprint density at radius 1 is 1.29 bits per heavy atom. The Morgan fingerprint density at radius 2 is 2.18 bits per heavy atom. The van der Waals surface area contributed by atoms with Gasteiger partial charge in [0.25, 0.3) is 0 Å². The van der Waals surface area contributed by atoms with Crippen molar-refractivity contribution in [1.29, 1.82) is 0 Å². The third-order valence-electron chi connectivity index (χ3n) is 3.82. The Morgan fingerprint density at radius 3 is 3.00 bits per heavy atom. The number of aromatic nitrogens is 1. The highest BCUT2D eigenvalue weighted by molar-refractivity contribution is 5.83. The van der Waals surface area contributed by atoms with Gasteiger partial charge in [0.05, 0.1) is 0 Å². The van der Waals surface area contributed by atoms with Gasteiger partial charge in [0.2, 0.25) is 0 Å². The van der Waals surface area contributed by atoms with Crippen LogP contribution >= 0.6 is 0 Å². The number of nitrogens with two attached hydrogens (primary N) is 1. The van der Waals surface area contributed by atoms with E-state index in [4.69, 9.17) is 5.73 Å². The zero-order valence-electron chi connectivity index (χ0n) is 9.95. The first-order valence-electron chi connectivity index (χ1n) is 6.38. The number of para-hydroxylation sites is 1. The van der Waals surface area contributed by atoms with Crippen molar-refractivity contribution in [2.75, 3.05) is 13.1 Å². The Labute approximate surface area is 101 Å². The van der Waals surface area contributed by atoms with Crippen LogP contribution in [0.2, 0.25) is 0 Å². The second-order valence-electron chi connectivity index (χ2n) is 4.92. The molecule has 2 aromatic rings. The van der Waals surface area contributed by atoms with Crippen molar-refractivity contribution in [3.63, 3.8) is 0 Å². The van der Waals surface area contributed by atoms with Gasteiger partial charge in [-0.25, -0.2) is 0 Å². The lowest BCUT2D eigenvalue weighted by molar-refractivity contribution is 0.327. The number of piperidine rings is 1. The largest absolute Gasteiger partial charge is 0.361 e. The molecule has 0 aliphatic carbocycles. The molecule has 2 unspecified atom stereocenters. The topological polar surface area (TPSA) is 53.8 Å². The van der Waals surface area contributed by atoms with Gasteiger partial charge < -0.3 is 16.0 Å². The third kappa shape index (κ3) is 1.96. The van der Waals surface area contributed by atoms with Crippen LogP contribution in [-0.2, 0) is 0 Å². The van der Waals surface area contributed by atoms with E-state index in [2.05, 4.69) is 40.8 Å². The molecule has 3 nitrogen and oxygen atoms in total. The van der Waals surface area contributed by atoms with Crippen molar-refractivity contribution in [3.8, 4) is 0 Å². The molecule has 3 rings (SSSR count). The van der Waals surface area contributed by atoms with Gasteiger partial charge in [0.1, 0.15) is 0 Å². The van der Waals surface area contributed by atoms with Gasteiger partial charge in [-0.3, -0.25) is 0 Å². The molecule has 2 atom stereocenters. The maximum Gasteiger partial charge on any atom is 0.0457 e. The summed E-state index contributed by atoms with van der Waals surface area (Å²) in [7, 11) is 0. The molecule has 1 aliphatic heterocycles. The Hall–Kier alpha value is -1.32. The number of hydrogen-bond acceptors (Lipinski definition) is 2. The van der Waals surface area contributed by atoms with Crippen LogP contribution in [0.3, 0.4) is 0 Å². The molecule has 1 aromatic carbocycles. The molecule has 1 saturated heterocycles. The van der Waals surface area contributed by atoms with Crippen LogP contribution < -0.4 is 11.1 Å². The Balaban J connectivity index is 1.92. The fourth-order valence-corrected chi connectivity index (χ4v) is 2.81. The van der Waals surface area contributed by atoms with Gasteiger partial charge in [-0.15, -0.1) is 0 Å². The Kier molecular flexibility index (Phi) is 2.87. The maximum absolute atomic E-state index is 6.42. The van der Waals surface area contributed by atoms with Crippen molar-refractivity contribution in [3.05, 3.63) is 36.0 Å². The molecule has 2 heterocycles. The summed E-state index contributed by atoms with van der Waals surface area (Å²) < 4.78 is 0. The minimum atomic E-state index is 0.138. The third-order valence-corrected chi connectivity index (χ3v) is 3.82. The van der Waals surface area contributed by atoms with Crippen molar-refractivity contribution in [1.82, 2.24) is 10.3 Å². The first kappa shape index (κ1) is 10.8. The number of rotatable bonds is 2. The van der Waals surface area contributed by atoms with E-state index in [0.29, 0.717) is 5.92 Å². The normalized spacial score (nSPS) is 22.8. The minimum Gasteiger partial charge on any atom is -0.361 e. The van der Waals surface area contributed by atoms with Gasteiger partial charge in [-0.05, 0) is 43.5 Å². The molecular formula is C14H19N3. The predicted molar refractivity (Wildman–Crippen MR) is 70.8 cm³/mol. The highest BCUT2D eigenvalue weighted by Gasteiger charge is 2.23. The summed E-state index contributed by atoms with van der Waals surface area (Å²) in [4.78, 5) is 3.31. The lowest BCUT2D eigenvalue weighted by atomic mass is 9.88. The van der Waals surface area contributed by atoms with E-state index in [9.17, 15) is 0 Å². The number of hydrogen-bond donors (Lipinski definition) is 3. The zero-order chi connectivity index (χ0) is 11.7. The van der Waals surface area contributed by atoms with Crippen LogP contribution in [-0.4, -0.2) is 18.1 Å². The SMILES string of the molecule is NC(c1c[nH]c2ccccc12)C1CCCNC1. The van der Waals surface area contributed by atoms with E-state index < -0.39 is 0 Å². The number of H-pyrrole nitrogens is 1. The fraction of sp³-hybridized carbons (Fsp3) is 0.429. The molecule has 0 saturated carbocycles. The molecular weight excluding hydrogens is 210 g/mol. The summed E-state index contributed by atoms with van der Waals surface area (Å²) >= 11 is 0. The van der Waals surface area contributed by atoms with Gasteiger partial charge in [0.15, 0.2) is 0 Å². The van der Waals surface area contributed by atoms with E-state index in [1.54, 1.807) is 0 Å². The minimum absolute atomic E-state index is 0.138. The summed E-state index contributed by atoms with van der Waals surface area (Å²) in [6, 6.07) is 8.52. The van der Waals surface area contributed by atoms with Crippen molar-refractivity contribution < 1.29 is 0 Å². The van der Waals surface area contributed by atoms with Crippen molar-refractivity contribution in [2.24, 2.45) is 11.7 Å². The zero-order valence-corrected chi connectivity index (χ0v) is 9.95. The highest BCUT2D eigenvalue weighted by atomic mass is 14.9. The van der Waals surface area contributed by atoms with E-state index in [1.807, 2.05) is 0 Å². The number of benzene rings is 1. The molecule has 1 aliphatic rings. The predicted octanol–water partition coefficient (Wildman–Crippen LogP) is 2.17. The van der Waals surface area contributed by atoms with Gasteiger partial charge in [-0.1, -0.05) is 18.2 Å². The molecule has 90 valence electrons. The number of fused-ring (bicyclic) bond motifs is 1. The molecule has 3 heteroatoms. The highest BCUT2D eigenvalue weighted by Crippen LogP contribution is 2.30. The standard InChI is InChI=1S/C14H19N3/c15-14(10-4-3-7-16-8-10)12-9-17-13-6-2-1-5-11(12)13/h1-2,5-6,9-10,14,16-17H,3-4,7-8,15H2. The molecule has 1 fully saturated rings. The molecule has 0 amide bonds. The molecule has 0 spiro atoms. The average molecular weight is 229 g/mol. The van der Waals surface area contributed by atoms with E-state index in [0.717, 1.165) is 13.1 Å². The molecule has 17 heavy (non-hydrogen) atoms. The number of nitrogens with one attached hydrogen (secondary N) is 2. The lowest BCUT2D eigenvalue weighted by Crippen LogP contribution is -2.36. The van der Waals surface area contributed by atoms with Crippen LogP contribution in [0.15, 0.2) is 30.5 Å². The van der Waals surface area contributed by atoms with Gasteiger partial charge in [0, 0.05) is 23.1 Å². The van der Waals surface area contributed by atoms with Gasteiger partial charge >= 0.3 is 0 Å². The maximum atomic E-state index is 6.42. The first-order valence-corrected chi connectivity index (χ1v) is 6.38. The smallest absolute Gasteiger partial charge is 0.0457 e. The van der Waals surface area contributed by atoms with Crippen molar-refractivity contribution in [2.45, 2.75) is 18.9 Å². The monoisotopic (exact) mass is 229 g/mol. The molecule has 0 bridgehead atoms. The molecule has 0 radical (unpaired) electrons. The molecule has 4 N–H and O–H groups in total. The van der Waals surface area contributed by atoms with Crippen LogP contribution in [0.4, 0.5) is 0 Å². The Bertz CT molecular complexity index is 497. The molecule has 1 aromatic heterocycles. The average Bonchev–Trinajstić information content (AvgIpc) is 2.83. The first-order chi connectivity index (χ1) is 8.36. The van der Waals surface area contributed by atoms with Crippen LogP contribution in [0, 0.1) is 5.92 Å². The summed E-state index contributed by atoms with van der Waals surface area (Å²) in [5.41, 5.74) is 8.86. The summed E-state index contributed by atoms with van der Waals surface area (Å²) in [6.45, 7) is 2.18. The fourth-order valence-electron chi connectivity index (χ4n) is 2.81. The van der Waals surface area contributed by atoms with Crippen LogP contribution in [0.5, 0.6) is 0 Å². The lowest BCUT2D eigenvalue weighted by Gasteiger charge is -2.28. The summed E-state index contributed by atoms with van der Waals surface area (Å²) in [5, 5.41) is 4.70. The number of aromatic amines is 1.